The Kier molecular flexibility index (Phi) is 9.85. The first-order valence-corrected chi connectivity index (χ1v) is 11.6. The van der Waals surface area contributed by atoms with Crippen molar-refractivity contribution in [1.29, 1.82) is 0 Å². The molecule has 168 valence electrons. The van der Waals surface area contributed by atoms with Gasteiger partial charge in [0.2, 0.25) is 5.91 Å². The zero-order valence-corrected chi connectivity index (χ0v) is 20.8. The number of ether oxygens (including phenoxy) is 1. The van der Waals surface area contributed by atoms with Gasteiger partial charge in [0.15, 0.2) is 6.61 Å². The van der Waals surface area contributed by atoms with E-state index in [9.17, 15) is 9.59 Å². The Bertz CT molecular complexity index is 904. The fourth-order valence-electron chi connectivity index (χ4n) is 3.09. The highest BCUT2D eigenvalue weighted by molar-refractivity contribution is 9.10. The number of amides is 2. The minimum absolute atomic E-state index is 0.167. The summed E-state index contributed by atoms with van der Waals surface area (Å²) in [4.78, 5) is 27.6. The van der Waals surface area contributed by atoms with Crippen molar-refractivity contribution in [3.63, 3.8) is 0 Å². The lowest BCUT2D eigenvalue weighted by Gasteiger charge is -2.31. The van der Waals surface area contributed by atoms with Crippen molar-refractivity contribution in [3.8, 4) is 5.75 Å². The van der Waals surface area contributed by atoms with Crippen LogP contribution in [0.1, 0.15) is 38.3 Å². The third kappa shape index (κ3) is 7.54. The van der Waals surface area contributed by atoms with Crippen LogP contribution in [0.5, 0.6) is 5.75 Å². The molecule has 0 aliphatic carbocycles. The molecule has 1 atom stereocenters. The van der Waals surface area contributed by atoms with E-state index in [4.69, 9.17) is 16.3 Å². The average molecular weight is 510 g/mol. The molecule has 2 amide bonds. The number of aryl methyl sites for hydroxylation is 1. The van der Waals surface area contributed by atoms with Gasteiger partial charge in [0.25, 0.3) is 5.91 Å². The van der Waals surface area contributed by atoms with Crippen LogP contribution in [0.4, 0.5) is 0 Å². The molecule has 0 spiro atoms. The predicted octanol–water partition coefficient (Wildman–Crippen LogP) is 5.37. The van der Waals surface area contributed by atoms with Gasteiger partial charge < -0.3 is 15.0 Å². The van der Waals surface area contributed by atoms with Crippen LogP contribution in [0.2, 0.25) is 5.02 Å². The van der Waals surface area contributed by atoms with Gasteiger partial charge in [-0.2, -0.15) is 0 Å². The summed E-state index contributed by atoms with van der Waals surface area (Å²) >= 11 is 9.79. The lowest BCUT2D eigenvalue weighted by atomic mass is 10.1. The predicted molar refractivity (Wildman–Crippen MR) is 128 cm³/mol. The summed E-state index contributed by atoms with van der Waals surface area (Å²) in [5.41, 5.74) is 1.80. The second-order valence-electron chi connectivity index (χ2n) is 7.88. The molecule has 2 aromatic carbocycles. The fraction of sp³-hybridized carbons (Fsp3) is 0.417. The van der Waals surface area contributed by atoms with Crippen molar-refractivity contribution in [2.45, 2.75) is 46.7 Å². The summed E-state index contributed by atoms with van der Waals surface area (Å²) in [5.74, 6) is 0.477. The van der Waals surface area contributed by atoms with Gasteiger partial charge in [0, 0.05) is 22.6 Å². The molecule has 0 fully saturated rings. The van der Waals surface area contributed by atoms with Crippen LogP contribution in [-0.2, 0) is 16.1 Å². The number of carbonyl (C=O) groups excluding carboxylic acids is 2. The second kappa shape index (κ2) is 12.1. The Morgan fingerprint density at radius 1 is 1.19 bits per heavy atom. The lowest BCUT2D eigenvalue weighted by molar-refractivity contribution is -0.143. The second-order valence-corrected chi connectivity index (χ2v) is 9.14. The van der Waals surface area contributed by atoms with E-state index in [1.54, 1.807) is 17.0 Å². The molecular formula is C24H30BrClN2O3. The van der Waals surface area contributed by atoms with Gasteiger partial charge >= 0.3 is 0 Å². The molecule has 5 nitrogen and oxygen atoms in total. The Labute approximate surface area is 198 Å². The van der Waals surface area contributed by atoms with Crippen LogP contribution in [0, 0.1) is 12.8 Å². The van der Waals surface area contributed by atoms with E-state index in [2.05, 4.69) is 21.2 Å². The van der Waals surface area contributed by atoms with Crippen molar-refractivity contribution >= 4 is 39.3 Å². The molecular weight excluding hydrogens is 480 g/mol. The molecule has 0 unspecified atom stereocenters. The number of halogens is 2. The molecule has 0 bridgehead atoms. The summed E-state index contributed by atoms with van der Waals surface area (Å²) in [5, 5.41) is 3.50. The number of hydrogen-bond acceptors (Lipinski definition) is 3. The fourth-order valence-corrected chi connectivity index (χ4v) is 3.53. The monoisotopic (exact) mass is 508 g/mol. The van der Waals surface area contributed by atoms with Crippen molar-refractivity contribution in [1.82, 2.24) is 10.2 Å². The Balaban J connectivity index is 2.22. The zero-order chi connectivity index (χ0) is 23.0. The molecule has 31 heavy (non-hydrogen) atoms. The van der Waals surface area contributed by atoms with E-state index in [0.29, 0.717) is 29.7 Å². The minimum Gasteiger partial charge on any atom is -0.484 e. The number of rotatable bonds is 10. The summed E-state index contributed by atoms with van der Waals surface area (Å²) < 4.78 is 6.72. The van der Waals surface area contributed by atoms with E-state index < -0.39 is 6.04 Å². The van der Waals surface area contributed by atoms with E-state index in [1.807, 2.05) is 58.0 Å². The molecule has 0 aliphatic heterocycles. The average Bonchev–Trinajstić information content (AvgIpc) is 2.74. The van der Waals surface area contributed by atoms with Crippen LogP contribution >= 0.6 is 27.5 Å². The molecule has 0 saturated heterocycles. The highest BCUT2D eigenvalue weighted by Gasteiger charge is 2.29. The van der Waals surface area contributed by atoms with Crippen LogP contribution in [-0.4, -0.2) is 35.9 Å². The van der Waals surface area contributed by atoms with Gasteiger partial charge in [-0.3, -0.25) is 9.59 Å². The first-order valence-electron chi connectivity index (χ1n) is 10.4. The van der Waals surface area contributed by atoms with Crippen LogP contribution in [0.3, 0.4) is 0 Å². The summed E-state index contributed by atoms with van der Waals surface area (Å²) in [6, 6.07) is 12.3. The highest BCUT2D eigenvalue weighted by Crippen LogP contribution is 2.23. The standard InChI is InChI=1S/C24H30BrClN2O3/c1-5-22(24(30)27-13-16(2)3)28(14-18-8-6-7-9-21(18)26)23(29)15-31-19-10-11-20(25)17(4)12-19/h6-12,16,22H,5,13-15H2,1-4H3,(H,27,30)/t22-/m1/s1. The van der Waals surface area contributed by atoms with E-state index in [-0.39, 0.29) is 25.0 Å². The van der Waals surface area contributed by atoms with Crippen LogP contribution in [0.15, 0.2) is 46.9 Å². The SMILES string of the molecule is CC[C@H](C(=O)NCC(C)C)N(Cc1ccccc1Cl)C(=O)COc1ccc(Br)c(C)c1. The van der Waals surface area contributed by atoms with Gasteiger partial charge in [0.05, 0.1) is 0 Å². The molecule has 0 saturated carbocycles. The number of carbonyl (C=O) groups is 2. The third-order valence-corrected chi connectivity index (χ3v) is 6.12. The molecule has 2 aromatic rings. The normalized spacial score (nSPS) is 11.8. The zero-order valence-electron chi connectivity index (χ0n) is 18.5. The Morgan fingerprint density at radius 2 is 1.90 bits per heavy atom. The van der Waals surface area contributed by atoms with Gasteiger partial charge in [-0.15, -0.1) is 0 Å². The lowest BCUT2D eigenvalue weighted by Crippen LogP contribution is -2.50. The largest absolute Gasteiger partial charge is 0.484 e. The maximum atomic E-state index is 13.2. The molecule has 0 aliphatic rings. The summed E-state index contributed by atoms with van der Waals surface area (Å²) in [6.45, 7) is 8.52. The van der Waals surface area contributed by atoms with Gasteiger partial charge in [-0.1, -0.05) is 66.5 Å². The van der Waals surface area contributed by atoms with Gasteiger partial charge in [-0.05, 0) is 54.7 Å². The summed E-state index contributed by atoms with van der Waals surface area (Å²) in [7, 11) is 0. The smallest absolute Gasteiger partial charge is 0.261 e. The van der Waals surface area contributed by atoms with Crippen molar-refractivity contribution in [3.05, 3.63) is 63.1 Å². The first-order chi connectivity index (χ1) is 14.7. The van der Waals surface area contributed by atoms with Crippen LogP contribution in [0.25, 0.3) is 0 Å². The topological polar surface area (TPSA) is 58.6 Å². The molecule has 1 N–H and O–H groups in total. The molecule has 0 aromatic heterocycles. The first kappa shape index (κ1) is 25.2. The Morgan fingerprint density at radius 3 is 2.52 bits per heavy atom. The molecule has 2 rings (SSSR count). The van der Waals surface area contributed by atoms with Gasteiger partial charge in [-0.25, -0.2) is 0 Å². The number of hydrogen-bond donors (Lipinski definition) is 1. The van der Waals surface area contributed by atoms with Gasteiger partial charge in [0.1, 0.15) is 11.8 Å². The summed E-state index contributed by atoms with van der Waals surface area (Å²) in [6.07, 6.45) is 0.484. The number of nitrogens with one attached hydrogen (secondary N) is 1. The Hall–Kier alpha value is -2.05. The third-order valence-electron chi connectivity index (χ3n) is 4.86. The molecule has 7 heteroatoms. The maximum Gasteiger partial charge on any atom is 0.261 e. The van der Waals surface area contributed by atoms with Crippen molar-refractivity contribution in [2.75, 3.05) is 13.2 Å². The highest BCUT2D eigenvalue weighted by atomic mass is 79.9. The van der Waals surface area contributed by atoms with E-state index in [1.165, 1.54) is 0 Å². The number of nitrogens with zero attached hydrogens (tertiary/aromatic N) is 1. The quantitative estimate of drug-likeness (QED) is 0.468. The van der Waals surface area contributed by atoms with Crippen molar-refractivity contribution < 1.29 is 14.3 Å². The molecule has 0 heterocycles. The maximum absolute atomic E-state index is 13.2. The minimum atomic E-state index is -0.613. The molecule has 0 radical (unpaired) electrons. The van der Waals surface area contributed by atoms with E-state index in [0.717, 1.165) is 15.6 Å². The van der Waals surface area contributed by atoms with E-state index >= 15 is 0 Å². The van der Waals surface area contributed by atoms with Crippen molar-refractivity contribution in [2.24, 2.45) is 5.92 Å². The number of benzene rings is 2. The van der Waals surface area contributed by atoms with Crippen LogP contribution < -0.4 is 10.1 Å².